The van der Waals surface area contributed by atoms with Gasteiger partial charge in [-0.1, -0.05) is 5.21 Å². The lowest BCUT2D eigenvalue weighted by atomic mass is 9.76. The zero-order valence-corrected chi connectivity index (χ0v) is 20.9. The summed E-state index contributed by atoms with van der Waals surface area (Å²) in [7, 11) is 0. The maximum atomic E-state index is 12.8. The van der Waals surface area contributed by atoms with Crippen LogP contribution in [-0.4, -0.2) is 54.3 Å². The highest BCUT2D eigenvalue weighted by molar-refractivity contribution is 5.99. The number of carbonyl (C=O) groups is 2. The van der Waals surface area contributed by atoms with Crippen molar-refractivity contribution in [3.05, 3.63) is 58.6 Å². The molecule has 3 fully saturated rings. The fourth-order valence-electron chi connectivity index (χ4n) is 5.33. The Morgan fingerprint density at radius 2 is 2.03 bits per heavy atom. The number of anilines is 1. The van der Waals surface area contributed by atoms with Gasteiger partial charge in [-0.15, -0.1) is 5.10 Å². The van der Waals surface area contributed by atoms with Gasteiger partial charge in [0.1, 0.15) is 6.07 Å². The number of piperidine rings is 1. The molecule has 0 aromatic carbocycles. The Labute approximate surface area is 213 Å². The smallest absolute Gasteiger partial charge is 0.273 e. The SMILES string of the molecule is Cc1ccc(C#N)c(C2CC(NC(=O)c3cn([C@@H](C)c4cnc(N5C[C@H]6C[C@H]6C5=O)c(C)n4)nn3)C2)n1. The summed E-state index contributed by atoms with van der Waals surface area (Å²) in [6.45, 7) is 6.39. The van der Waals surface area contributed by atoms with Crippen LogP contribution < -0.4 is 10.2 Å². The zero-order chi connectivity index (χ0) is 25.8. The highest BCUT2D eigenvalue weighted by atomic mass is 16.2. The van der Waals surface area contributed by atoms with E-state index >= 15 is 0 Å². The van der Waals surface area contributed by atoms with Crippen LogP contribution in [0.5, 0.6) is 0 Å². The Morgan fingerprint density at radius 1 is 1.22 bits per heavy atom. The van der Waals surface area contributed by atoms with E-state index in [0.29, 0.717) is 28.7 Å². The van der Waals surface area contributed by atoms with E-state index in [1.54, 1.807) is 28.0 Å². The van der Waals surface area contributed by atoms with Gasteiger partial charge in [0.2, 0.25) is 5.91 Å². The molecule has 2 aliphatic carbocycles. The van der Waals surface area contributed by atoms with Crippen molar-refractivity contribution in [3.8, 4) is 6.07 Å². The number of pyridine rings is 1. The number of nitrogens with zero attached hydrogens (tertiary/aromatic N) is 8. The number of carbonyl (C=O) groups excluding carboxylic acids is 2. The predicted molar refractivity (Wildman–Crippen MR) is 131 cm³/mol. The summed E-state index contributed by atoms with van der Waals surface area (Å²) in [5.74, 6) is 1.26. The van der Waals surface area contributed by atoms with Gasteiger partial charge < -0.3 is 5.32 Å². The van der Waals surface area contributed by atoms with Gasteiger partial charge in [0.05, 0.1) is 41.1 Å². The molecule has 3 atom stereocenters. The Morgan fingerprint density at radius 3 is 2.73 bits per heavy atom. The Hall–Kier alpha value is -4.20. The number of amides is 2. The number of nitriles is 1. The minimum Gasteiger partial charge on any atom is -0.348 e. The summed E-state index contributed by atoms with van der Waals surface area (Å²) in [5.41, 5.74) is 3.87. The molecule has 4 heterocycles. The number of aryl methyl sites for hydroxylation is 2. The number of hydrogen-bond donors (Lipinski definition) is 1. The summed E-state index contributed by atoms with van der Waals surface area (Å²) in [6, 6.07) is 5.55. The third kappa shape index (κ3) is 4.12. The Balaban J connectivity index is 1.08. The quantitative estimate of drug-likeness (QED) is 0.546. The first-order valence-corrected chi connectivity index (χ1v) is 12.6. The van der Waals surface area contributed by atoms with E-state index in [9.17, 15) is 14.9 Å². The summed E-state index contributed by atoms with van der Waals surface area (Å²) >= 11 is 0. The highest BCUT2D eigenvalue weighted by Gasteiger charge is 2.53. The molecule has 0 bridgehead atoms. The average molecular weight is 498 g/mol. The lowest BCUT2D eigenvalue weighted by Gasteiger charge is -2.35. The molecule has 1 N–H and O–H groups in total. The standard InChI is InChI=1S/C26H27N9O2/c1-13-4-5-16(9-27)23(29-13)17-6-19(7-17)31-25(36)22-12-35(33-32-22)15(3)21-10-28-24(14(2)30-21)34-11-18-8-20(18)26(34)37/h4-5,10,12,15,17-20H,6-8,11H2,1-3H3,(H,31,36)/t15-,17?,18+,19?,20+/m0/s1. The third-order valence-electron chi connectivity index (χ3n) is 7.73. The second-order valence-electron chi connectivity index (χ2n) is 10.4. The van der Waals surface area contributed by atoms with Crippen LogP contribution in [0, 0.1) is 37.0 Å². The number of hydrogen-bond acceptors (Lipinski definition) is 8. The van der Waals surface area contributed by atoms with Crippen LogP contribution in [0.3, 0.4) is 0 Å². The van der Waals surface area contributed by atoms with Gasteiger partial charge in [-0.2, -0.15) is 5.26 Å². The van der Waals surface area contributed by atoms with Crippen molar-refractivity contribution in [1.29, 1.82) is 5.26 Å². The molecule has 1 saturated heterocycles. The second-order valence-corrected chi connectivity index (χ2v) is 10.4. The summed E-state index contributed by atoms with van der Waals surface area (Å²) in [4.78, 5) is 40.7. The van der Waals surface area contributed by atoms with E-state index in [0.717, 1.165) is 37.2 Å². The minimum atomic E-state index is -0.290. The van der Waals surface area contributed by atoms with Gasteiger partial charge in [0.25, 0.3) is 5.91 Å². The predicted octanol–water partition coefficient (Wildman–Crippen LogP) is 2.22. The van der Waals surface area contributed by atoms with Crippen LogP contribution in [0.25, 0.3) is 0 Å². The Bertz CT molecular complexity index is 1450. The van der Waals surface area contributed by atoms with Gasteiger partial charge in [-0.05, 0) is 58.1 Å². The molecule has 2 amide bonds. The van der Waals surface area contributed by atoms with Crippen LogP contribution in [-0.2, 0) is 4.79 Å². The first-order chi connectivity index (χ1) is 17.8. The Kier molecular flexibility index (Phi) is 5.47. The largest absolute Gasteiger partial charge is 0.348 e. The normalized spacial score (nSPS) is 24.7. The van der Waals surface area contributed by atoms with Crippen molar-refractivity contribution >= 4 is 17.6 Å². The molecule has 11 nitrogen and oxygen atoms in total. The fraction of sp³-hybridized carbons (Fsp3) is 0.462. The number of nitrogens with one attached hydrogen (secondary N) is 1. The molecule has 0 unspecified atom stereocenters. The van der Waals surface area contributed by atoms with Gasteiger partial charge in [-0.3, -0.25) is 24.5 Å². The van der Waals surface area contributed by atoms with Gasteiger partial charge in [0, 0.05) is 30.1 Å². The zero-order valence-electron chi connectivity index (χ0n) is 20.9. The van der Waals surface area contributed by atoms with Crippen molar-refractivity contribution in [2.24, 2.45) is 11.8 Å². The van der Waals surface area contributed by atoms with Crippen molar-refractivity contribution in [3.63, 3.8) is 0 Å². The fourth-order valence-corrected chi connectivity index (χ4v) is 5.33. The van der Waals surface area contributed by atoms with Crippen LogP contribution in [0.4, 0.5) is 5.82 Å². The lowest BCUT2D eigenvalue weighted by Crippen LogP contribution is -2.43. The molecule has 37 heavy (non-hydrogen) atoms. The second kappa shape index (κ2) is 8.73. The van der Waals surface area contributed by atoms with Crippen molar-refractivity contribution in [1.82, 2.24) is 35.3 Å². The number of fused-ring (bicyclic) bond motifs is 1. The highest BCUT2D eigenvalue weighted by Crippen LogP contribution is 2.47. The lowest BCUT2D eigenvalue weighted by molar-refractivity contribution is -0.118. The number of aromatic nitrogens is 6. The van der Waals surface area contributed by atoms with E-state index in [2.05, 4.69) is 36.7 Å². The maximum Gasteiger partial charge on any atom is 0.273 e. The van der Waals surface area contributed by atoms with Crippen LogP contribution in [0.2, 0.25) is 0 Å². The molecule has 0 spiro atoms. The van der Waals surface area contributed by atoms with Gasteiger partial charge in [0.15, 0.2) is 11.5 Å². The average Bonchev–Trinajstić information content (AvgIpc) is 3.32. The van der Waals surface area contributed by atoms with Crippen molar-refractivity contribution < 1.29 is 9.59 Å². The van der Waals surface area contributed by atoms with E-state index in [-0.39, 0.29) is 41.4 Å². The van der Waals surface area contributed by atoms with E-state index < -0.39 is 0 Å². The van der Waals surface area contributed by atoms with Gasteiger partial charge in [-0.25, -0.2) is 9.67 Å². The van der Waals surface area contributed by atoms with E-state index in [4.69, 9.17) is 0 Å². The first-order valence-electron chi connectivity index (χ1n) is 12.6. The van der Waals surface area contributed by atoms with Crippen molar-refractivity contribution in [2.75, 3.05) is 11.4 Å². The maximum absolute atomic E-state index is 12.8. The van der Waals surface area contributed by atoms with Crippen molar-refractivity contribution in [2.45, 2.75) is 58.0 Å². The molecule has 188 valence electrons. The monoisotopic (exact) mass is 497 g/mol. The first kappa shape index (κ1) is 23.2. The summed E-state index contributed by atoms with van der Waals surface area (Å²) in [6.07, 6.45) is 5.71. The van der Waals surface area contributed by atoms with Crippen LogP contribution in [0.1, 0.15) is 77.0 Å². The minimum absolute atomic E-state index is 0.00526. The molecular formula is C26H27N9O2. The molecule has 6 rings (SSSR count). The topological polar surface area (TPSA) is 143 Å². The van der Waals surface area contributed by atoms with Gasteiger partial charge >= 0.3 is 0 Å². The molecule has 3 aliphatic rings. The molecular weight excluding hydrogens is 470 g/mol. The van der Waals surface area contributed by atoms with Crippen LogP contribution in [0.15, 0.2) is 24.5 Å². The van der Waals surface area contributed by atoms with Crippen LogP contribution >= 0.6 is 0 Å². The molecule has 3 aromatic heterocycles. The molecule has 3 aromatic rings. The third-order valence-corrected chi connectivity index (χ3v) is 7.73. The van der Waals surface area contributed by atoms with E-state index in [1.807, 2.05) is 26.8 Å². The molecule has 2 saturated carbocycles. The summed E-state index contributed by atoms with van der Waals surface area (Å²) < 4.78 is 1.59. The molecule has 11 heteroatoms. The molecule has 1 aliphatic heterocycles. The summed E-state index contributed by atoms with van der Waals surface area (Å²) in [5, 5.41) is 20.6. The number of rotatable bonds is 6. The molecule has 0 radical (unpaired) electrons. The van der Waals surface area contributed by atoms with E-state index in [1.165, 1.54) is 0 Å².